The minimum absolute atomic E-state index is 0.0361. The van der Waals surface area contributed by atoms with Gasteiger partial charge < -0.3 is 5.73 Å². The van der Waals surface area contributed by atoms with Crippen molar-refractivity contribution < 1.29 is 26.5 Å². The first-order valence-corrected chi connectivity index (χ1v) is 9.09. The van der Waals surface area contributed by atoms with Gasteiger partial charge in [-0.05, 0) is 42.8 Å². The monoisotopic (exact) mass is 403 g/mol. The van der Waals surface area contributed by atoms with E-state index in [-0.39, 0.29) is 28.1 Å². The van der Waals surface area contributed by atoms with E-state index in [0.29, 0.717) is 0 Å². The Labute approximate surface area is 153 Å². The van der Waals surface area contributed by atoms with Crippen LogP contribution in [-0.4, -0.2) is 20.4 Å². The van der Waals surface area contributed by atoms with Crippen LogP contribution in [0.4, 0.5) is 18.9 Å². The highest BCUT2D eigenvalue weighted by Gasteiger charge is 2.23. The molecule has 3 N–H and O–H groups in total. The van der Waals surface area contributed by atoms with Crippen LogP contribution in [0.1, 0.15) is 29.2 Å². The molecule has 7 nitrogen and oxygen atoms in total. The number of halogens is 3. The predicted molar refractivity (Wildman–Crippen MR) is 91.3 cm³/mol. The van der Waals surface area contributed by atoms with E-state index >= 15 is 0 Å². The quantitative estimate of drug-likeness (QED) is 0.545. The first-order chi connectivity index (χ1) is 12.6. The molecule has 0 aliphatic carbocycles. The van der Waals surface area contributed by atoms with Gasteiger partial charge in [-0.1, -0.05) is 6.07 Å². The Kier molecular flexibility index (Phi) is 6.19. The Morgan fingerprint density at radius 2 is 1.89 bits per heavy atom. The molecule has 0 fully saturated rings. The molecule has 1 atom stereocenters. The molecule has 0 bridgehead atoms. The molecule has 0 heterocycles. The summed E-state index contributed by atoms with van der Waals surface area (Å²) in [6.07, 6.45) is -3.25. The van der Waals surface area contributed by atoms with Gasteiger partial charge in [0.2, 0.25) is 10.0 Å². The molecule has 27 heavy (non-hydrogen) atoms. The number of nitro groups is 1. The fourth-order valence-corrected chi connectivity index (χ4v) is 3.48. The molecule has 0 saturated carbocycles. The summed E-state index contributed by atoms with van der Waals surface area (Å²) in [5.74, 6) is -1.09. The second kappa shape index (κ2) is 8.03. The summed E-state index contributed by atoms with van der Waals surface area (Å²) in [6, 6.07) is 5.12. The maximum absolute atomic E-state index is 13.4. The number of hydrogen-bond acceptors (Lipinski definition) is 5. The van der Waals surface area contributed by atoms with Crippen molar-refractivity contribution >= 4 is 15.7 Å². The van der Waals surface area contributed by atoms with Gasteiger partial charge in [-0.25, -0.2) is 26.3 Å². The molecule has 2 rings (SSSR count). The first kappa shape index (κ1) is 20.8. The maximum Gasteiger partial charge on any atom is 0.269 e. The van der Waals surface area contributed by atoms with Crippen molar-refractivity contribution in [2.45, 2.75) is 23.8 Å². The van der Waals surface area contributed by atoms with Crippen LogP contribution in [0.3, 0.4) is 0 Å². The lowest BCUT2D eigenvalue weighted by Gasteiger charge is -2.16. The van der Waals surface area contributed by atoms with E-state index in [9.17, 15) is 31.7 Å². The number of rotatable bonds is 7. The molecule has 0 saturated heterocycles. The van der Waals surface area contributed by atoms with Crippen molar-refractivity contribution in [3.8, 4) is 0 Å². The zero-order valence-corrected chi connectivity index (χ0v) is 14.8. The Morgan fingerprint density at radius 1 is 1.22 bits per heavy atom. The predicted octanol–water partition coefficient (Wildman–Crippen LogP) is 2.82. The normalized spacial score (nSPS) is 13.0. The minimum atomic E-state index is -3.94. The largest absolute Gasteiger partial charge is 0.324 e. The van der Waals surface area contributed by atoms with Crippen molar-refractivity contribution in [3.05, 3.63) is 69.0 Å². The molecule has 146 valence electrons. The lowest BCUT2D eigenvalue weighted by atomic mass is 9.97. The van der Waals surface area contributed by atoms with Gasteiger partial charge in [0.15, 0.2) is 0 Å². The van der Waals surface area contributed by atoms with E-state index in [0.717, 1.165) is 30.3 Å². The molecule has 11 heteroatoms. The van der Waals surface area contributed by atoms with Crippen LogP contribution in [0.5, 0.6) is 0 Å². The van der Waals surface area contributed by atoms with Crippen molar-refractivity contribution in [2.24, 2.45) is 5.73 Å². The fourth-order valence-electron chi connectivity index (χ4n) is 2.53. The highest BCUT2D eigenvalue weighted by atomic mass is 32.2. The number of sulfonamides is 1. The molecule has 2 aromatic carbocycles. The zero-order chi connectivity index (χ0) is 20.4. The van der Waals surface area contributed by atoms with Gasteiger partial charge in [0, 0.05) is 18.2 Å². The molecule has 0 aliphatic rings. The van der Waals surface area contributed by atoms with Gasteiger partial charge in [-0.2, -0.15) is 0 Å². The third-order valence-electron chi connectivity index (χ3n) is 3.94. The Balaban J connectivity index is 2.47. The summed E-state index contributed by atoms with van der Waals surface area (Å²) in [6.45, 7) is 0. The molecular formula is C16H16F3N3O4S. The second-order valence-corrected chi connectivity index (χ2v) is 7.50. The average molecular weight is 403 g/mol. The molecule has 0 radical (unpaired) electrons. The fraction of sp³-hybridized carbons (Fsp3) is 0.250. The van der Waals surface area contributed by atoms with Crippen molar-refractivity contribution in [3.63, 3.8) is 0 Å². The van der Waals surface area contributed by atoms with Crippen LogP contribution < -0.4 is 10.5 Å². The summed E-state index contributed by atoms with van der Waals surface area (Å²) in [5.41, 5.74) is 4.98. The summed E-state index contributed by atoms with van der Waals surface area (Å²) >= 11 is 0. The number of non-ortho nitro benzene ring substituents is 1. The van der Waals surface area contributed by atoms with Crippen molar-refractivity contribution in [1.29, 1.82) is 0 Å². The number of nitrogens with two attached hydrogens (primary N) is 1. The number of alkyl halides is 2. The molecular weight excluding hydrogens is 387 g/mol. The Hall–Kier alpha value is -2.50. The van der Waals surface area contributed by atoms with Crippen LogP contribution in [0.25, 0.3) is 0 Å². The SMILES string of the molecule is CNS(=O)(=O)c1ccc([N+](=O)[O-])cc1C[C@H](N)c1ccc(F)c(C(F)F)c1. The molecule has 0 aromatic heterocycles. The van der Waals surface area contributed by atoms with E-state index in [2.05, 4.69) is 4.72 Å². The Bertz CT molecular complexity index is 967. The average Bonchev–Trinajstić information content (AvgIpc) is 2.61. The number of hydrogen-bond donors (Lipinski definition) is 2. The number of nitrogens with zero attached hydrogens (tertiary/aromatic N) is 1. The summed E-state index contributed by atoms with van der Waals surface area (Å²) in [4.78, 5) is 10.1. The summed E-state index contributed by atoms with van der Waals surface area (Å²) in [7, 11) is -2.76. The third-order valence-corrected chi connectivity index (χ3v) is 5.45. The van der Waals surface area contributed by atoms with E-state index in [1.54, 1.807) is 0 Å². The van der Waals surface area contributed by atoms with Gasteiger partial charge in [0.25, 0.3) is 12.1 Å². The van der Waals surface area contributed by atoms with Gasteiger partial charge in [0.05, 0.1) is 15.4 Å². The molecule has 0 amide bonds. The van der Waals surface area contributed by atoms with Crippen LogP contribution in [-0.2, 0) is 16.4 Å². The second-order valence-electron chi connectivity index (χ2n) is 5.65. The highest BCUT2D eigenvalue weighted by Crippen LogP contribution is 2.29. The topological polar surface area (TPSA) is 115 Å². The standard InChI is InChI=1S/C16H16F3N3O4S/c1-21-27(25,26)15-5-3-11(22(23)24)6-10(15)8-14(20)9-2-4-13(17)12(7-9)16(18)19/h2-7,14,16,21H,8,20H2,1H3/t14-/m0/s1. The van der Waals surface area contributed by atoms with Crippen LogP contribution in [0.15, 0.2) is 41.3 Å². The van der Waals surface area contributed by atoms with Gasteiger partial charge in [-0.15, -0.1) is 0 Å². The Morgan fingerprint density at radius 3 is 2.44 bits per heavy atom. The van der Waals surface area contributed by atoms with E-state index in [1.807, 2.05) is 0 Å². The minimum Gasteiger partial charge on any atom is -0.324 e. The van der Waals surface area contributed by atoms with Gasteiger partial charge in [0.1, 0.15) is 5.82 Å². The van der Waals surface area contributed by atoms with Gasteiger partial charge >= 0.3 is 0 Å². The maximum atomic E-state index is 13.4. The van der Waals surface area contributed by atoms with E-state index in [1.165, 1.54) is 13.1 Å². The van der Waals surface area contributed by atoms with E-state index < -0.39 is 38.8 Å². The number of nitrogens with one attached hydrogen (secondary N) is 1. The molecule has 0 unspecified atom stereocenters. The first-order valence-electron chi connectivity index (χ1n) is 7.60. The highest BCUT2D eigenvalue weighted by molar-refractivity contribution is 7.89. The number of nitro benzene ring substituents is 1. The zero-order valence-electron chi connectivity index (χ0n) is 14.0. The molecule has 0 aliphatic heterocycles. The number of benzene rings is 2. The lowest BCUT2D eigenvalue weighted by molar-refractivity contribution is -0.385. The molecule has 2 aromatic rings. The summed E-state index contributed by atoms with van der Waals surface area (Å²) < 4.78 is 65.5. The van der Waals surface area contributed by atoms with Crippen LogP contribution in [0, 0.1) is 15.9 Å². The lowest BCUT2D eigenvalue weighted by Crippen LogP contribution is -2.22. The summed E-state index contributed by atoms with van der Waals surface area (Å²) in [5, 5.41) is 11.0. The van der Waals surface area contributed by atoms with Crippen LogP contribution in [0.2, 0.25) is 0 Å². The smallest absolute Gasteiger partial charge is 0.269 e. The third kappa shape index (κ3) is 4.62. The van der Waals surface area contributed by atoms with Crippen molar-refractivity contribution in [1.82, 2.24) is 4.72 Å². The van der Waals surface area contributed by atoms with Crippen molar-refractivity contribution in [2.75, 3.05) is 7.05 Å². The van der Waals surface area contributed by atoms with Gasteiger partial charge in [-0.3, -0.25) is 10.1 Å². The van der Waals surface area contributed by atoms with Crippen LogP contribution >= 0.6 is 0 Å². The molecule has 0 spiro atoms. The van der Waals surface area contributed by atoms with E-state index in [4.69, 9.17) is 5.73 Å².